The average molecular weight is 505 g/mol. The lowest BCUT2D eigenvalue weighted by molar-refractivity contribution is 0.143. The lowest BCUT2D eigenvalue weighted by Crippen LogP contribution is -2.36. The lowest BCUT2D eigenvalue weighted by atomic mass is 10.2. The summed E-state index contributed by atoms with van der Waals surface area (Å²) in [5.74, 6) is 1.76. The third kappa shape index (κ3) is 7.97. The number of halogens is 1. The van der Waals surface area contributed by atoms with Crippen LogP contribution in [0.4, 0.5) is 0 Å². The number of methoxy groups -OCH3 is 1. The molecule has 2 aromatic heterocycles. The van der Waals surface area contributed by atoms with Crippen LogP contribution in [0.3, 0.4) is 0 Å². The van der Waals surface area contributed by atoms with Crippen LogP contribution in [0.15, 0.2) is 28.7 Å². The van der Waals surface area contributed by atoms with Crippen molar-refractivity contribution in [3.63, 3.8) is 0 Å². The van der Waals surface area contributed by atoms with Crippen LogP contribution in [0.1, 0.15) is 36.0 Å². The SMILES string of the molecule is CN=C(NCc1nc(C(C)C)cs1)NCc1cccnc1OCCOC.I. The predicted octanol–water partition coefficient (Wildman–Crippen LogP) is 3.17. The quantitative estimate of drug-likeness (QED) is 0.236. The van der Waals surface area contributed by atoms with Crippen molar-refractivity contribution in [2.45, 2.75) is 32.9 Å². The number of rotatable bonds is 9. The molecule has 0 bridgehead atoms. The summed E-state index contributed by atoms with van der Waals surface area (Å²) in [6.45, 7) is 6.49. The maximum Gasteiger partial charge on any atom is 0.218 e. The average Bonchev–Trinajstić information content (AvgIpc) is 3.12. The van der Waals surface area contributed by atoms with Crippen molar-refractivity contribution in [2.24, 2.45) is 4.99 Å². The van der Waals surface area contributed by atoms with E-state index in [1.54, 1.807) is 31.7 Å². The molecule has 9 heteroatoms. The van der Waals surface area contributed by atoms with Crippen LogP contribution in [0.5, 0.6) is 5.88 Å². The largest absolute Gasteiger partial charge is 0.475 e. The number of thiazole rings is 1. The third-order valence-electron chi connectivity index (χ3n) is 3.61. The van der Waals surface area contributed by atoms with E-state index in [1.807, 2.05) is 12.1 Å². The molecular weight excluding hydrogens is 477 g/mol. The van der Waals surface area contributed by atoms with Crippen LogP contribution >= 0.6 is 35.3 Å². The Morgan fingerprint density at radius 1 is 1.26 bits per heavy atom. The van der Waals surface area contributed by atoms with Gasteiger partial charge >= 0.3 is 0 Å². The fourth-order valence-electron chi connectivity index (χ4n) is 2.14. The first-order valence-electron chi connectivity index (χ1n) is 8.58. The van der Waals surface area contributed by atoms with Crippen molar-refractivity contribution in [3.8, 4) is 5.88 Å². The summed E-state index contributed by atoms with van der Waals surface area (Å²) < 4.78 is 10.7. The molecule has 150 valence electrons. The minimum atomic E-state index is 0. The number of hydrogen-bond acceptors (Lipinski definition) is 6. The normalized spacial score (nSPS) is 11.2. The van der Waals surface area contributed by atoms with E-state index in [0.29, 0.717) is 44.1 Å². The molecule has 0 fully saturated rings. The van der Waals surface area contributed by atoms with E-state index in [2.05, 4.69) is 44.8 Å². The Hall–Kier alpha value is -1.46. The first-order valence-corrected chi connectivity index (χ1v) is 9.46. The molecule has 2 heterocycles. The highest BCUT2D eigenvalue weighted by molar-refractivity contribution is 14.0. The molecule has 0 aliphatic carbocycles. The summed E-state index contributed by atoms with van der Waals surface area (Å²) in [6.07, 6.45) is 1.72. The molecule has 0 amide bonds. The van der Waals surface area contributed by atoms with Crippen LogP contribution in [0.2, 0.25) is 0 Å². The van der Waals surface area contributed by atoms with Gasteiger partial charge in [0.05, 0.1) is 18.8 Å². The van der Waals surface area contributed by atoms with Gasteiger partial charge in [-0.1, -0.05) is 19.9 Å². The van der Waals surface area contributed by atoms with Gasteiger partial charge in [-0.2, -0.15) is 0 Å². The Kier molecular flexibility index (Phi) is 11.2. The molecule has 0 saturated heterocycles. The minimum Gasteiger partial charge on any atom is -0.475 e. The first-order chi connectivity index (χ1) is 12.6. The van der Waals surface area contributed by atoms with Crippen LogP contribution in [0, 0.1) is 0 Å². The smallest absolute Gasteiger partial charge is 0.218 e. The lowest BCUT2D eigenvalue weighted by Gasteiger charge is -2.13. The van der Waals surface area contributed by atoms with Crippen molar-refractivity contribution in [2.75, 3.05) is 27.4 Å². The van der Waals surface area contributed by atoms with E-state index in [0.717, 1.165) is 16.3 Å². The molecule has 0 radical (unpaired) electrons. The van der Waals surface area contributed by atoms with Gasteiger partial charge in [-0.25, -0.2) is 9.97 Å². The zero-order chi connectivity index (χ0) is 18.8. The van der Waals surface area contributed by atoms with Crippen molar-refractivity contribution < 1.29 is 9.47 Å². The van der Waals surface area contributed by atoms with Gasteiger partial charge in [0.1, 0.15) is 11.6 Å². The fraction of sp³-hybridized carbons (Fsp3) is 0.500. The van der Waals surface area contributed by atoms with Gasteiger partial charge in [-0.05, 0) is 12.0 Å². The fourth-order valence-corrected chi connectivity index (χ4v) is 3.04. The number of ether oxygens (including phenoxy) is 2. The van der Waals surface area contributed by atoms with E-state index in [1.165, 1.54) is 0 Å². The number of aliphatic imine (C=N–C) groups is 1. The van der Waals surface area contributed by atoms with Crippen molar-refractivity contribution >= 4 is 41.3 Å². The number of hydrogen-bond donors (Lipinski definition) is 2. The van der Waals surface area contributed by atoms with Gasteiger partial charge in [-0.15, -0.1) is 35.3 Å². The summed E-state index contributed by atoms with van der Waals surface area (Å²) in [4.78, 5) is 13.2. The van der Waals surface area contributed by atoms with E-state index in [-0.39, 0.29) is 24.0 Å². The Morgan fingerprint density at radius 3 is 2.70 bits per heavy atom. The minimum absolute atomic E-state index is 0. The molecule has 27 heavy (non-hydrogen) atoms. The molecule has 2 N–H and O–H groups in total. The zero-order valence-corrected chi connectivity index (χ0v) is 19.3. The molecule has 7 nitrogen and oxygen atoms in total. The monoisotopic (exact) mass is 505 g/mol. The van der Waals surface area contributed by atoms with Gasteiger partial charge in [0, 0.05) is 37.8 Å². The van der Waals surface area contributed by atoms with Crippen molar-refractivity contribution in [1.29, 1.82) is 0 Å². The molecule has 0 spiro atoms. The van der Waals surface area contributed by atoms with Crippen molar-refractivity contribution in [3.05, 3.63) is 40.0 Å². The second-order valence-electron chi connectivity index (χ2n) is 5.91. The topological polar surface area (TPSA) is 80.7 Å². The van der Waals surface area contributed by atoms with Gasteiger partial charge in [0.25, 0.3) is 0 Å². The summed E-state index contributed by atoms with van der Waals surface area (Å²) >= 11 is 1.66. The summed E-state index contributed by atoms with van der Waals surface area (Å²) in [7, 11) is 3.39. The Morgan fingerprint density at radius 2 is 2.04 bits per heavy atom. The van der Waals surface area contributed by atoms with E-state index in [4.69, 9.17) is 9.47 Å². The Bertz CT molecular complexity index is 709. The maximum absolute atomic E-state index is 5.65. The van der Waals surface area contributed by atoms with Crippen LogP contribution in [-0.2, 0) is 17.8 Å². The van der Waals surface area contributed by atoms with E-state index >= 15 is 0 Å². The van der Waals surface area contributed by atoms with Crippen LogP contribution in [-0.4, -0.2) is 43.3 Å². The highest BCUT2D eigenvalue weighted by Crippen LogP contribution is 2.17. The van der Waals surface area contributed by atoms with Crippen molar-refractivity contribution in [1.82, 2.24) is 20.6 Å². The van der Waals surface area contributed by atoms with Gasteiger partial charge in [0.15, 0.2) is 5.96 Å². The second-order valence-corrected chi connectivity index (χ2v) is 6.85. The maximum atomic E-state index is 5.65. The molecule has 0 unspecified atom stereocenters. The molecule has 0 aliphatic rings. The molecule has 0 atom stereocenters. The second kappa shape index (κ2) is 12.8. The Labute approximate surface area is 182 Å². The van der Waals surface area contributed by atoms with Crippen LogP contribution < -0.4 is 15.4 Å². The number of guanidine groups is 1. The molecule has 0 aliphatic heterocycles. The summed E-state index contributed by atoms with van der Waals surface area (Å²) in [5, 5.41) is 9.72. The van der Waals surface area contributed by atoms with E-state index < -0.39 is 0 Å². The standard InChI is InChI=1S/C18H27N5O2S.HI/c1-13(2)15-12-26-16(23-15)11-22-18(19-3)21-10-14-6-5-7-20-17(14)25-9-8-24-4;/h5-7,12-13H,8-11H2,1-4H3,(H2,19,21,22);1H. The molecular formula is C18H28IN5O2S. The molecule has 2 aromatic rings. The van der Waals surface area contributed by atoms with E-state index in [9.17, 15) is 0 Å². The molecule has 0 aromatic carbocycles. The summed E-state index contributed by atoms with van der Waals surface area (Å²) in [5.41, 5.74) is 2.09. The highest BCUT2D eigenvalue weighted by Gasteiger charge is 2.08. The molecule has 0 saturated carbocycles. The molecule has 2 rings (SSSR count). The number of pyridine rings is 1. The number of nitrogens with one attached hydrogen (secondary N) is 2. The van der Waals surface area contributed by atoms with Crippen LogP contribution in [0.25, 0.3) is 0 Å². The summed E-state index contributed by atoms with van der Waals surface area (Å²) in [6, 6.07) is 3.87. The number of nitrogens with zero attached hydrogens (tertiary/aromatic N) is 3. The zero-order valence-electron chi connectivity index (χ0n) is 16.2. The van der Waals surface area contributed by atoms with Gasteiger partial charge in [0.2, 0.25) is 5.88 Å². The van der Waals surface area contributed by atoms with Gasteiger partial charge < -0.3 is 20.1 Å². The first kappa shape index (κ1) is 23.6. The predicted molar refractivity (Wildman–Crippen MR) is 120 cm³/mol. The third-order valence-corrected chi connectivity index (χ3v) is 4.48. The Balaban J connectivity index is 0.00000364. The number of aromatic nitrogens is 2. The highest BCUT2D eigenvalue weighted by atomic mass is 127. The van der Waals surface area contributed by atoms with Gasteiger partial charge in [-0.3, -0.25) is 4.99 Å².